The number of rotatable bonds is 6. The maximum atomic E-state index is 3.73. The van der Waals surface area contributed by atoms with Crippen molar-refractivity contribution in [2.24, 2.45) is 5.92 Å². The molecule has 1 aliphatic carbocycles. The Hall–Kier alpha value is -0.120. The van der Waals surface area contributed by atoms with Gasteiger partial charge in [-0.2, -0.15) is 0 Å². The first-order chi connectivity index (χ1) is 7.79. The number of likely N-dealkylation sites (N-methyl/N-ethyl adjacent to an activating group) is 1. The molecular formula is C13H27N3. The van der Waals surface area contributed by atoms with Gasteiger partial charge in [-0.05, 0) is 32.2 Å². The van der Waals surface area contributed by atoms with Crippen LogP contribution in [-0.4, -0.2) is 62.2 Å². The van der Waals surface area contributed by atoms with E-state index in [0.29, 0.717) is 0 Å². The van der Waals surface area contributed by atoms with Gasteiger partial charge in [0, 0.05) is 45.3 Å². The Balaban J connectivity index is 1.56. The minimum atomic E-state index is 0.799. The van der Waals surface area contributed by atoms with Gasteiger partial charge in [0.15, 0.2) is 0 Å². The lowest BCUT2D eigenvalue weighted by molar-refractivity contribution is 0.153. The maximum Gasteiger partial charge on any atom is 0.0110 e. The van der Waals surface area contributed by atoms with Crippen molar-refractivity contribution in [3.05, 3.63) is 0 Å². The molecule has 2 fully saturated rings. The molecule has 94 valence electrons. The van der Waals surface area contributed by atoms with Gasteiger partial charge in [-0.3, -0.25) is 4.90 Å². The summed E-state index contributed by atoms with van der Waals surface area (Å²) in [6.45, 7) is 9.69. The van der Waals surface area contributed by atoms with E-state index in [1.54, 1.807) is 0 Å². The predicted octanol–water partition coefficient (Wildman–Crippen LogP) is 1.01. The highest BCUT2D eigenvalue weighted by molar-refractivity contribution is 4.85. The Morgan fingerprint density at radius 3 is 2.44 bits per heavy atom. The molecule has 3 nitrogen and oxygen atoms in total. The van der Waals surface area contributed by atoms with Crippen LogP contribution in [-0.2, 0) is 0 Å². The Morgan fingerprint density at radius 2 is 1.88 bits per heavy atom. The smallest absolute Gasteiger partial charge is 0.0110 e. The number of hydrogen-bond acceptors (Lipinski definition) is 3. The van der Waals surface area contributed by atoms with Crippen LogP contribution in [0.5, 0.6) is 0 Å². The van der Waals surface area contributed by atoms with Gasteiger partial charge in [-0.25, -0.2) is 0 Å². The first kappa shape index (κ1) is 12.3. The summed E-state index contributed by atoms with van der Waals surface area (Å²) < 4.78 is 0. The van der Waals surface area contributed by atoms with Crippen LogP contribution in [0.4, 0.5) is 0 Å². The summed E-state index contributed by atoms with van der Waals surface area (Å²) in [7, 11) is 2.22. The molecule has 0 aromatic carbocycles. The number of nitrogens with zero attached hydrogens (tertiary/aromatic N) is 2. The fourth-order valence-corrected chi connectivity index (χ4v) is 2.62. The molecule has 1 atom stereocenters. The quantitative estimate of drug-likeness (QED) is 0.728. The molecule has 1 aliphatic heterocycles. The third kappa shape index (κ3) is 3.72. The van der Waals surface area contributed by atoms with Crippen LogP contribution in [0.2, 0.25) is 0 Å². The molecule has 0 aromatic rings. The van der Waals surface area contributed by atoms with E-state index in [9.17, 15) is 0 Å². The second kappa shape index (κ2) is 5.99. The molecule has 2 rings (SSSR count). The molecular weight excluding hydrogens is 198 g/mol. The fraction of sp³-hybridized carbons (Fsp3) is 1.00. The molecule has 0 spiro atoms. The Bertz CT molecular complexity index is 195. The first-order valence-corrected chi connectivity index (χ1v) is 6.94. The molecule has 1 saturated heterocycles. The van der Waals surface area contributed by atoms with Crippen LogP contribution in [0.15, 0.2) is 0 Å². The lowest BCUT2D eigenvalue weighted by Crippen LogP contribution is -2.47. The molecule has 0 aromatic heterocycles. The molecule has 3 heteroatoms. The molecule has 16 heavy (non-hydrogen) atoms. The van der Waals surface area contributed by atoms with Crippen molar-refractivity contribution >= 4 is 0 Å². The summed E-state index contributed by atoms with van der Waals surface area (Å²) in [5.74, 6) is 0.998. The molecule has 1 heterocycles. The van der Waals surface area contributed by atoms with Gasteiger partial charge in [0.1, 0.15) is 0 Å². The van der Waals surface area contributed by atoms with E-state index in [1.807, 2.05) is 0 Å². The van der Waals surface area contributed by atoms with E-state index in [4.69, 9.17) is 0 Å². The summed E-state index contributed by atoms with van der Waals surface area (Å²) >= 11 is 0. The minimum absolute atomic E-state index is 0.799. The minimum Gasteiger partial charge on any atom is -0.312 e. The van der Waals surface area contributed by atoms with Crippen LogP contribution in [0.3, 0.4) is 0 Å². The van der Waals surface area contributed by atoms with Crippen LogP contribution < -0.4 is 5.32 Å². The largest absolute Gasteiger partial charge is 0.312 e. The van der Waals surface area contributed by atoms with Crippen LogP contribution in [0, 0.1) is 5.92 Å². The number of nitrogens with one attached hydrogen (secondary N) is 1. The molecule has 2 aliphatic rings. The zero-order valence-electron chi connectivity index (χ0n) is 10.9. The Kier molecular flexibility index (Phi) is 4.62. The van der Waals surface area contributed by atoms with Crippen LogP contribution in [0.1, 0.15) is 26.2 Å². The van der Waals surface area contributed by atoms with E-state index < -0.39 is 0 Å². The van der Waals surface area contributed by atoms with Crippen molar-refractivity contribution in [3.63, 3.8) is 0 Å². The predicted molar refractivity (Wildman–Crippen MR) is 68.7 cm³/mol. The van der Waals surface area contributed by atoms with Crippen molar-refractivity contribution in [1.82, 2.24) is 15.1 Å². The molecule has 0 amide bonds. The normalized spacial score (nSPS) is 25.9. The zero-order valence-corrected chi connectivity index (χ0v) is 10.9. The standard InChI is InChI=1S/C13H27N3/c1-3-13(12-4-5-12)14-6-7-16-10-8-15(2)9-11-16/h12-14H,3-11H2,1-2H3. The highest BCUT2D eigenvalue weighted by Crippen LogP contribution is 2.33. The highest BCUT2D eigenvalue weighted by Gasteiger charge is 2.29. The van der Waals surface area contributed by atoms with Gasteiger partial charge in [0.2, 0.25) is 0 Å². The molecule has 1 saturated carbocycles. The van der Waals surface area contributed by atoms with E-state index in [0.717, 1.165) is 12.0 Å². The Labute approximate surface area is 100 Å². The van der Waals surface area contributed by atoms with Gasteiger partial charge >= 0.3 is 0 Å². The van der Waals surface area contributed by atoms with Crippen LogP contribution >= 0.6 is 0 Å². The summed E-state index contributed by atoms with van der Waals surface area (Å²) in [6.07, 6.45) is 4.22. The fourth-order valence-electron chi connectivity index (χ4n) is 2.62. The van der Waals surface area contributed by atoms with E-state index in [1.165, 1.54) is 58.5 Å². The second-order valence-electron chi connectivity index (χ2n) is 5.45. The first-order valence-electron chi connectivity index (χ1n) is 6.94. The average Bonchev–Trinajstić information content (AvgIpc) is 3.11. The van der Waals surface area contributed by atoms with Gasteiger partial charge in [-0.1, -0.05) is 6.92 Å². The number of piperazine rings is 1. The lowest BCUT2D eigenvalue weighted by Gasteiger charge is -2.32. The average molecular weight is 225 g/mol. The van der Waals surface area contributed by atoms with Gasteiger partial charge in [0.25, 0.3) is 0 Å². The van der Waals surface area contributed by atoms with Gasteiger partial charge in [-0.15, -0.1) is 0 Å². The van der Waals surface area contributed by atoms with E-state index >= 15 is 0 Å². The van der Waals surface area contributed by atoms with E-state index in [-0.39, 0.29) is 0 Å². The van der Waals surface area contributed by atoms with Crippen molar-refractivity contribution in [3.8, 4) is 0 Å². The van der Waals surface area contributed by atoms with Crippen molar-refractivity contribution < 1.29 is 0 Å². The third-order valence-corrected chi connectivity index (χ3v) is 4.06. The third-order valence-electron chi connectivity index (χ3n) is 4.06. The van der Waals surface area contributed by atoms with Gasteiger partial charge < -0.3 is 10.2 Å². The molecule has 0 radical (unpaired) electrons. The monoisotopic (exact) mass is 225 g/mol. The highest BCUT2D eigenvalue weighted by atomic mass is 15.2. The van der Waals surface area contributed by atoms with E-state index in [2.05, 4.69) is 29.1 Å². The van der Waals surface area contributed by atoms with Gasteiger partial charge in [0.05, 0.1) is 0 Å². The van der Waals surface area contributed by atoms with Crippen molar-refractivity contribution in [1.29, 1.82) is 0 Å². The van der Waals surface area contributed by atoms with Crippen molar-refractivity contribution in [2.45, 2.75) is 32.2 Å². The molecule has 0 bridgehead atoms. The summed E-state index contributed by atoms with van der Waals surface area (Å²) in [5, 5.41) is 3.73. The topological polar surface area (TPSA) is 18.5 Å². The summed E-state index contributed by atoms with van der Waals surface area (Å²) in [4.78, 5) is 5.01. The summed E-state index contributed by atoms with van der Waals surface area (Å²) in [6, 6.07) is 0.799. The molecule has 1 N–H and O–H groups in total. The second-order valence-corrected chi connectivity index (χ2v) is 5.45. The Morgan fingerprint density at radius 1 is 1.19 bits per heavy atom. The zero-order chi connectivity index (χ0) is 11.4. The van der Waals surface area contributed by atoms with Crippen LogP contribution in [0.25, 0.3) is 0 Å². The SMILES string of the molecule is CCC(NCCN1CCN(C)CC1)C1CC1. The number of hydrogen-bond donors (Lipinski definition) is 1. The maximum absolute atomic E-state index is 3.73. The lowest BCUT2D eigenvalue weighted by atomic mass is 10.1. The van der Waals surface area contributed by atoms with Crippen molar-refractivity contribution in [2.75, 3.05) is 46.3 Å². The molecule has 1 unspecified atom stereocenters. The summed E-state index contributed by atoms with van der Waals surface area (Å²) in [5.41, 5.74) is 0.